The fraction of sp³-hybridized carbons (Fsp3) is 0.250. The first-order chi connectivity index (χ1) is 17.8. The van der Waals surface area contributed by atoms with E-state index in [4.69, 9.17) is 0 Å². The zero-order valence-corrected chi connectivity index (χ0v) is 20.7. The van der Waals surface area contributed by atoms with Crippen LogP contribution in [-0.2, 0) is 0 Å². The van der Waals surface area contributed by atoms with Crippen LogP contribution in [0.15, 0.2) is 145 Å². The Morgan fingerprint density at radius 2 is 0.778 bits per heavy atom. The van der Waals surface area contributed by atoms with Gasteiger partial charge in [0, 0.05) is 63.8 Å². The number of rotatable bonds is 5. The van der Waals surface area contributed by atoms with E-state index in [0.717, 1.165) is 39.0 Å². The van der Waals surface area contributed by atoms with Crippen LogP contribution in [0.4, 0.5) is 0 Å². The standard InChI is InChI=1S/C32H34N4/c1-5-21-33(22-6-1)31(34-23-7-2-8-24-34)17-13-29(14-18-31)30-15-19-32(20-16-30,35-25-9-3-10-26-35)36-27-11-4-12-28-36/h1-17,19,21,23,25,27H,18,20,22,24,26,28H2. The topological polar surface area (TPSA) is 13.0 Å². The third kappa shape index (κ3) is 3.97. The molecule has 6 rings (SSSR count). The minimum absolute atomic E-state index is 0.190. The minimum atomic E-state index is -0.190. The van der Waals surface area contributed by atoms with E-state index in [2.05, 4.69) is 154 Å². The Morgan fingerprint density at radius 1 is 0.444 bits per heavy atom. The van der Waals surface area contributed by atoms with Gasteiger partial charge in [-0.2, -0.15) is 0 Å². The summed E-state index contributed by atoms with van der Waals surface area (Å²) in [5.41, 5.74) is 2.24. The van der Waals surface area contributed by atoms with Gasteiger partial charge in [0.25, 0.3) is 0 Å². The SMILES string of the molecule is C1=CCN(C2(N3C=CC=CC3)C=CC(C3=CCC(N4C=CC=CC4)(N4C=CC=CC4)C=C3)=CC2)C=C1. The van der Waals surface area contributed by atoms with E-state index in [1.807, 2.05) is 0 Å². The van der Waals surface area contributed by atoms with Gasteiger partial charge in [0.05, 0.1) is 0 Å². The Morgan fingerprint density at radius 3 is 1.00 bits per heavy atom. The van der Waals surface area contributed by atoms with Gasteiger partial charge >= 0.3 is 0 Å². The van der Waals surface area contributed by atoms with E-state index >= 15 is 0 Å². The lowest BCUT2D eigenvalue weighted by molar-refractivity contribution is 0.0595. The highest BCUT2D eigenvalue weighted by Gasteiger charge is 2.40. The number of hydrogen-bond donors (Lipinski definition) is 0. The molecule has 0 spiro atoms. The van der Waals surface area contributed by atoms with Crippen molar-refractivity contribution in [2.75, 3.05) is 26.2 Å². The fourth-order valence-corrected chi connectivity index (χ4v) is 5.87. The Balaban J connectivity index is 1.25. The summed E-state index contributed by atoms with van der Waals surface area (Å²) in [6.45, 7) is 3.66. The molecule has 4 aliphatic heterocycles. The summed E-state index contributed by atoms with van der Waals surface area (Å²) in [5, 5.41) is 0. The molecule has 0 N–H and O–H groups in total. The first-order valence-electron chi connectivity index (χ1n) is 13.0. The van der Waals surface area contributed by atoms with Crippen molar-refractivity contribution in [1.82, 2.24) is 19.6 Å². The van der Waals surface area contributed by atoms with Crippen molar-refractivity contribution in [2.45, 2.75) is 24.2 Å². The van der Waals surface area contributed by atoms with Gasteiger partial charge in [-0.05, 0) is 47.6 Å². The molecule has 0 bridgehead atoms. The lowest BCUT2D eigenvalue weighted by atomic mass is 9.85. The van der Waals surface area contributed by atoms with Crippen LogP contribution in [0.25, 0.3) is 0 Å². The second-order valence-electron chi connectivity index (χ2n) is 9.84. The van der Waals surface area contributed by atoms with Crippen molar-refractivity contribution in [3.05, 3.63) is 145 Å². The van der Waals surface area contributed by atoms with E-state index in [0.29, 0.717) is 0 Å². The average Bonchev–Trinajstić information content (AvgIpc) is 2.99. The van der Waals surface area contributed by atoms with Crippen molar-refractivity contribution >= 4 is 0 Å². The summed E-state index contributed by atoms with van der Waals surface area (Å²) in [4.78, 5) is 9.79. The maximum absolute atomic E-state index is 2.45. The fourth-order valence-electron chi connectivity index (χ4n) is 5.87. The molecular weight excluding hydrogens is 440 g/mol. The van der Waals surface area contributed by atoms with Gasteiger partial charge in [0.1, 0.15) is 11.3 Å². The molecule has 0 saturated heterocycles. The van der Waals surface area contributed by atoms with E-state index in [1.54, 1.807) is 0 Å². The molecule has 0 aromatic carbocycles. The number of nitrogens with zero attached hydrogens (tertiary/aromatic N) is 4. The van der Waals surface area contributed by atoms with Gasteiger partial charge in [-0.1, -0.05) is 72.9 Å². The van der Waals surface area contributed by atoms with Crippen LogP contribution in [0.2, 0.25) is 0 Å². The Hall–Kier alpha value is -3.92. The number of hydrogen-bond acceptors (Lipinski definition) is 4. The monoisotopic (exact) mass is 474 g/mol. The molecular formula is C32H34N4. The third-order valence-corrected chi connectivity index (χ3v) is 7.89. The summed E-state index contributed by atoms with van der Waals surface area (Å²) in [5.74, 6) is 0. The molecule has 0 amide bonds. The molecule has 36 heavy (non-hydrogen) atoms. The van der Waals surface area contributed by atoms with Crippen molar-refractivity contribution in [1.29, 1.82) is 0 Å². The summed E-state index contributed by atoms with van der Waals surface area (Å²) < 4.78 is 0. The van der Waals surface area contributed by atoms with Gasteiger partial charge in [0.15, 0.2) is 0 Å². The van der Waals surface area contributed by atoms with Crippen LogP contribution in [0.1, 0.15) is 12.8 Å². The van der Waals surface area contributed by atoms with Crippen LogP contribution in [0.3, 0.4) is 0 Å². The maximum atomic E-state index is 2.45. The zero-order valence-electron chi connectivity index (χ0n) is 20.7. The smallest absolute Gasteiger partial charge is 0.136 e. The van der Waals surface area contributed by atoms with Crippen molar-refractivity contribution in [3.63, 3.8) is 0 Å². The normalized spacial score (nSPS) is 25.1. The molecule has 0 unspecified atom stereocenters. The maximum Gasteiger partial charge on any atom is 0.136 e. The third-order valence-electron chi connectivity index (χ3n) is 7.89. The van der Waals surface area contributed by atoms with Gasteiger partial charge in [-0.25, -0.2) is 0 Å². The second-order valence-corrected chi connectivity index (χ2v) is 9.84. The first-order valence-corrected chi connectivity index (χ1v) is 13.0. The van der Waals surface area contributed by atoms with E-state index in [1.165, 1.54) is 11.1 Å². The van der Waals surface area contributed by atoms with Crippen LogP contribution < -0.4 is 0 Å². The summed E-state index contributed by atoms with van der Waals surface area (Å²) in [6, 6.07) is 0. The Labute approximate surface area is 215 Å². The quantitative estimate of drug-likeness (QED) is 0.507. The molecule has 0 radical (unpaired) electrons. The molecule has 4 heterocycles. The van der Waals surface area contributed by atoms with Crippen molar-refractivity contribution in [2.24, 2.45) is 0 Å². The average molecular weight is 475 g/mol. The molecule has 0 aromatic rings. The largest absolute Gasteiger partial charge is 0.348 e. The predicted molar refractivity (Wildman–Crippen MR) is 149 cm³/mol. The van der Waals surface area contributed by atoms with Gasteiger partial charge < -0.3 is 19.6 Å². The molecule has 6 aliphatic rings. The predicted octanol–water partition coefficient (Wildman–Crippen LogP) is 5.69. The Kier molecular flexibility index (Phi) is 6.02. The molecule has 0 saturated carbocycles. The lowest BCUT2D eigenvalue weighted by Gasteiger charge is -2.51. The zero-order chi connectivity index (χ0) is 24.3. The highest BCUT2D eigenvalue weighted by molar-refractivity contribution is 5.52. The number of allylic oxidation sites excluding steroid dienone is 12. The lowest BCUT2D eigenvalue weighted by Crippen LogP contribution is -2.57. The molecule has 4 heteroatoms. The summed E-state index contributed by atoms with van der Waals surface area (Å²) in [7, 11) is 0. The summed E-state index contributed by atoms with van der Waals surface area (Å²) >= 11 is 0. The second kappa shape index (κ2) is 9.62. The van der Waals surface area contributed by atoms with Crippen LogP contribution >= 0.6 is 0 Å². The van der Waals surface area contributed by atoms with Crippen LogP contribution in [0, 0.1) is 0 Å². The molecule has 0 fully saturated rings. The van der Waals surface area contributed by atoms with Crippen LogP contribution in [-0.4, -0.2) is 57.1 Å². The summed E-state index contributed by atoms with van der Waals surface area (Å²) in [6.07, 6.45) is 51.1. The highest BCUT2D eigenvalue weighted by Crippen LogP contribution is 2.39. The minimum Gasteiger partial charge on any atom is -0.348 e. The van der Waals surface area contributed by atoms with E-state index in [9.17, 15) is 0 Å². The van der Waals surface area contributed by atoms with Crippen molar-refractivity contribution in [3.8, 4) is 0 Å². The van der Waals surface area contributed by atoms with E-state index < -0.39 is 0 Å². The van der Waals surface area contributed by atoms with Gasteiger partial charge in [0.2, 0.25) is 0 Å². The van der Waals surface area contributed by atoms with E-state index in [-0.39, 0.29) is 11.3 Å². The molecule has 4 nitrogen and oxygen atoms in total. The molecule has 0 aromatic heterocycles. The molecule has 2 aliphatic carbocycles. The Bertz CT molecular complexity index is 1070. The van der Waals surface area contributed by atoms with Crippen molar-refractivity contribution < 1.29 is 0 Å². The first kappa shape index (κ1) is 22.5. The van der Waals surface area contributed by atoms with Gasteiger partial charge in [-0.15, -0.1) is 0 Å². The van der Waals surface area contributed by atoms with Gasteiger partial charge in [-0.3, -0.25) is 0 Å². The highest BCUT2D eigenvalue weighted by atomic mass is 15.4. The van der Waals surface area contributed by atoms with Crippen LogP contribution in [0.5, 0.6) is 0 Å². The molecule has 0 atom stereocenters. The molecule has 182 valence electrons.